The van der Waals surface area contributed by atoms with E-state index in [2.05, 4.69) is 0 Å². The lowest BCUT2D eigenvalue weighted by molar-refractivity contribution is -0.147. The summed E-state index contributed by atoms with van der Waals surface area (Å²) in [5, 5.41) is 0. The first-order valence-electron chi connectivity index (χ1n) is 10.4. The smallest absolute Gasteiger partial charge is 0.306 e. The van der Waals surface area contributed by atoms with Gasteiger partial charge in [0.25, 0.3) is 10.0 Å². The fraction of sp³-hybridized carbons (Fsp3) is 0.292. The average molecular weight is 472 g/mol. The second-order valence-electron chi connectivity index (χ2n) is 7.48. The number of hydrogen-bond acceptors (Lipinski definition) is 7. The van der Waals surface area contributed by atoms with Gasteiger partial charge < -0.3 is 9.47 Å². The van der Waals surface area contributed by atoms with Crippen molar-refractivity contribution >= 4 is 27.7 Å². The van der Waals surface area contributed by atoms with Crippen LogP contribution >= 0.6 is 0 Å². The van der Waals surface area contributed by atoms with E-state index < -0.39 is 33.7 Å². The number of hydrogen-bond donors (Lipinski definition) is 0. The molecule has 2 atom stereocenters. The summed E-state index contributed by atoms with van der Waals surface area (Å²) in [7, 11) is -2.73. The van der Waals surface area contributed by atoms with E-state index in [1.165, 1.54) is 44.5 Å². The van der Waals surface area contributed by atoms with Crippen molar-refractivity contribution < 1.29 is 32.3 Å². The predicted octanol–water partition coefficient (Wildman–Crippen LogP) is 3.30. The first-order chi connectivity index (χ1) is 15.7. The van der Waals surface area contributed by atoms with E-state index in [0.717, 1.165) is 0 Å². The second kappa shape index (κ2) is 9.99. The van der Waals surface area contributed by atoms with Gasteiger partial charge in [0.05, 0.1) is 31.0 Å². The number of sulfonamides is 1. The number of Topliss-reactive ketones (excluding diaryl/α,β-unsaturated/α-hetero) is 1. The zero-order valence-corrected chi connectivity index (χ0v) is 19.4. The summed E-state index contributed by atoms with van der Waals surface area (Å²) in [6.07, 6.45) is 2.51. The highest BCUT2D eigenvalue weighted by Crippen LogP contribution is 2.36. The lowest BCUT2D eigenvalue weighted by atomic mass is 9.81. The van der Waals surface area contributed by atoms with E-state index in [1.54, 1.807) is 37.3 Å². The third kappa shape index (κ3) is 5.14. The van der Waals surface area contributed by atoms with Crippen molar-refractivity contribution in [2.24, 2.45) is 5.92 Å². The lowest BCUT2D eigenvalue weighted by Gasteiger charge is -2.32. The molecule has 0 unspecified atom stereocenters. The Labute approximate surface area is 192 Å². The number of benzene rings is 2. The molecule has 0 radical (unpaired) electrons. The lowest BCUT2D eigenvalue weighted by Crippen LogP contribution is -2.42. The Morgan fingerprint density at radius 1 is 1.03 bits per heavy atom. The summed E-state index contributed by atoms with van der Waals surface area (Å²) >= 11 is 0. The molecule has 0 saturated carbocycles. The molecule has 9 heteroatoms. The summed E-state index contributed by atoms with van der Waals surface area (Å²) in [6, 6.07) is 12.3. The third-order valence-electron chi connectivity index (χ3n) is 5.41. The number of rotatable bonds is 8. The molecule has 0 bridgehead atoms. The minimum atomic E-state index is -4.20. The first kappa shape index (κ1) is 24.2. The second-order valence-corrected chi connectivity index (χ2v) is 9.29. The molecule has 8 nitrogen and oxygen atoms in total. The molecule has 174 valence electrons. The van der Waals surface area contributed by atoms with Crippen molar-refractivity contribution in [2.45, 2.75) is 31.1 Å². The Kier molecular flexibility index (Phi) is 7.33. The zero-order valence-electron chi connectivity index (χ0n) is 18.6. The summed E-state index contributed by atoms with van der Waals surface area (Å²) in [6.45, 7) is 3.24. The van der Waals surface area contributed by atoms with E-state index in [9.17, 15) is 22.8 Å². The molecule has 0 N–H and O–H groups in total. The number of esters is 1. The molecule has 2 aromatic carbocycles. The average Bonchev–Trinajstić information content (AvgIpc) is 2.80. The van der Waals surface area contributed by atoms with Gasteiger partial charge in [0.2, 0.25) is 5.91 Å². The number of ketones is 1. The molecule has 1 aliphatic rings. The molecule has 0 saturated heterocycles. The maximum Gasteiger partial charge on any atom is 0.306 e. The molecule has 2 aromatic rings. The minimum absolute atomic E-state index is 0.0829. The SMILES string of the molecule is CCOC(=O)C[C@@H]1C(=O)N(S(=O)(=O)c2ccc(OC)cc2)C=C[C@@H]1c1ccc(C(C)=O)cc1. The molecule has 1 heterocycles. The van der Waals surface area contributed by atoms with E-state index in [4.69, 9.17) is 9.47 Å². The molecule has 3 rings (SSSR count). The van der Waals surface area contributed by atoms with Crippen LogP contribution in [0.2, 0.25) is 0 Å². The van der Waals surface area contributed by atoms with E-state index >= 15 is 0 Å². The van der Waals surface area contributed by atoms with Crippen LogP contribution in [0.1, 0.15) is 42.1 Å². The van der Waals surface area contributed by atoms with E-state index in [0.29, 0.717) is 21.2 Å². The monoisotopic (exact) mass is 471 g/mol. The minimum Gasteiger partial charge on any atom is -0.497 e. The Morgan fingerprint density at radius 3 is 2.21 bits per heavy atom. The molecule has 0 fully saturated rings. The van der Waals surface area contributed by atoms with Crippen LogP contribution in [0.5, 0.6) is 5.75 Å². The molecular weight excluding hydrogens is 446 g/mol. The Hall–Kier alpha value is -3.46. The van der Waals surface area contributed by atoms with Crippen LogP contribution in [0.3, 0.4) is 0 Å². The highest BCUT2D eigenvalue weighted by molar-refractivity contribution is 7.89. The molecule has 0 aromatic heterocycles. The Bertz CT molecular complexity index is 1170. The highest BCUT2D eigenvalue weighted by atomic mass is 32.2. The summed E-state index contributed by atoms with van der Waals surface area (Å²) in [5.41, 5.74) is 1.19. The maximum atomic E-state index is 13.4. The van der Waals surface area contributed by atoms with E-state index in [-0.39, 0.29) is 23.7 Å². The number of carbonyl (C=O) groups excluding carboxylic acids is 3. The number of ether oxygens (including phenoxy) is 2. The van der Waals surface area contributed by atoms with Gasteiger partial charge in [-0.1, -0.05) is 30.3 Å². The van der Waals surface area contributed by atoms with Crippen LogP contribution in [0.25, 0.3) is 0 Å². The van der Waals surface area contributed by atoms with Crippen LogP contribution in [-0.4, -0.2) is 44.1 Å². The largest absolute Gasteiger partial charge is 0.497 e. The number of allylic oxidation sites excluding steroid dienone is 1. The molecule has 33 heavy (non-hydrogen) atoms. The van der Waals surface area contributed by atoms with Crippen molar-refractivity contribution in [2.75, 3.05) is 13.7 Å². The van der Waals surface area contributed by atoms with E-state index in [1.807, 2.05) is 0 Å². The van der Waals surface area contributed by atoms with Crippen LogP contribution in [0.15, 0.2) is 65.7 Å². The number of nitrogens with zero attached hydrogens (tertiary/aromatic N) is 1. The van der Waals surface area contributed by atoms with Gasteiger partial charge in [0.15, 0.2) is 5.78 Å². The van der Waals surface area contributed by atoms with Gasteiger partial charge in [0.1, 0.15) is 5.75 Å². The van der Waals surface area contributed by atoms with Crippen LogP contribution < -0.4 is 4.74 Å². The van der Waals surface area contributed by atoms with Crippen LogP contribution in [-0.2, 0) is 24.3 Å². The summed E-state index contributed by atoms with van der Waals surface area (Å²) in [5.74, 6) is -2.52. The Morgan fingerprint density at radius 2 is 1.67 bits per heavy atom. The molecular formula is C24H25NO7S. The Balaban J connectivity index is 1.99. The van der Waals surface area contributed by atoms with Gasteiger partial charge >= 0.3 is 5.97 Å². The van der Waals surface area contributed by atoms with Crippen molar-refractivity contribution in [3.05, 3.63) is 71.9 Å². The zero-order chi connectivity index (χ0) is 24.2. The van der Waals surface area contributed by atoms with Crippen molar-refractivity contribution in [3.8, 4) is 5.75 Å². The van der Waals surface area contributed by atoms with Crippen LogP contribution in [0, 0.1) is 5.92 Å². The van der Waals surface area contributed by atoms with Crippen molar-refractivity contribution in [3.63, 3.8) is 0 Å². The number of amides is 1. The molecule has 1 amide bonds. The fourth-order valence-corrected chi connectivity index (χ4v) is 4.96. The quantitative estimate of drug-likeness (QED) is 0.429. The molecule has 0 aliphatic carbocycles. The summed E-state index contributed by atoms with van der Waals surface area (Å²) in [4.78, 5) is 37.1. The normalized spacial score (nSPS) is 18.2. The predicted molar refractivity (Wildman–Crippen MR) is 120 cm³/mol. The van der Waals surface area contributed by atoms with Crippen molar-refractivity contribution in [1.82, 2.24) is 4.31 Å². The first-order valence-corrected chi connectivity index (χ1v) is 11.8. The number of methoxy groups -OCH3 is 1. The van der Waals surface area contributed by atoms with Gasteiger partial charge in [0, 0.05) is 17.7 Å². The van der Waals surface area contributed by atoms with Gasteiger partial charge in [-0.2, -0.15) is 0 Å². The maximum absolute atomic E-state index is 13.4. The fourth-order valence-electron chi connectivity index (χ4n) is 3.65. The van der Waals surface area contributed by atoms with Crippen LogP contribution in [0.4, 0.5) is 0 Å². The van der Waals surface area contributed by atoms with Crippen molar-refractivity contribution in [1.29, 1.82) is 0 Å². The molecule has 1 aliphatic heterocycles. The molecule has 0 spiro atoms. The highest BCUT2D eigenvalue weighted by Gasteiger charge is 2.41. The summed E-state index contributed by atoms with van der Waals surface area (Å²) < 4.78 is 37.1. The van der Waals surface area contributed by atoms with Gasteiger partial charge in [-0.3, -0.25) is 14.4 Å². The third-order valence-corrected chi connectivity index (χ3v) is 7.09. The van der Waals surface area contributed by atoms with Gasteiger partial charge in [-0.25, -0.2) is 12.7 Å². The van der Waals surface area contributed by atoms with Gasteiger partial charge in [-0.05, 0) is 43.7 Å². The van der Waals surface area contributed by atoms with Gasteiger partial charge in [-0.15, -0.1) is 0 Å². The number of carbonyl (C=O) groups is 3. The standard InChI is InChI=1S/C24H25NO7S/c1-4-32-23(27)15-22-21(18-7-5-17(6-8-18)16(2)26)13-14-25(24(22)28)33(29,30)20-11-9-19(31-3)10-12-20/h5-14,21-22H,4,15H2,1-3H3/t21-,22+/m1/s1. The topological polar surface area (TPSA) is 107 Å².